The van der Waals surface area contributed by atoms with Crippen LogP contribution in [0.2, 0.25) is 0 Å². The fourth-order valence-electron chi connectivity index (χ4n) is 3.25. The Morgan fingerprint density at radius 2 is 2.00 bits per heavy atom. The zero-order valence-electron chi connectivity index (χ0n) is 8.68. The van der Waals surface area contributed by atoms with Gasteiger partial charge in [0.25, 0.3) is 0 Å². The predicted octanol–water partition coefficient (Wildman–Crippen LogP) is 2.85. The molecule has 0 amide bonds. The summed E-state index contributed by atoms with van der Waals surface area (Å²) in [5.74, 6) is 1.70. The lowest BCUT2D eigenvalue weighted by Gasteiger charge is -2.23. The minimum Gasteiger partial charge on any atom is -0.378 e. The zero-order chi connectivity index (χ0) is 8.98. The van der Waals surface area contributed by atoms with E-state index in [0.717, 1.165) is 11.8 Å². The van der Waals surface area contributed by atoms with Crippen LogP contribution in [0.1, 0.15) is 40.0 Å². The van der Waals surface area contributed by atoms with Crippen LogP contribution < -0.4 is 0 Å². The first kappa shape index (κ1) is 8.55. The molecule has 0 radical (unpaired) electrons. The van der Waals surface area contributed by atoms with Crippen LogP contribution >= 0.6 is 0 Å². The normalized spacial score (nSPS) is 51.2. The van der Waals surface area contributed by atoms with Gasteiger partial charge in [-0.1, -0.05) is 13.8 Å². The molecule has 0 N–H and O–H groups in total. The van der Waals surface area contributed by atoms with Crippen LogP contribution in [-0.2, 0) is 4.74 Å². The third-order valence-corrected chi connectivity index (χ3v) is 4.56. The fraction of sp³-hybridized carbons (Fsp3) is 1.00. The van der Waals surface area contributed by atoms with E-state index >= 15 is 0 Å². The van der Waals surface area contributed by atoms with E-state index < -0.39 is 0 Å². The second kappa shape index (κ2) is 2.25. The summed E-state index contributed by atoms with van der Waals surface area (Å²) in [4.78, 5) is 0. The lowest BCUT2D eigenvalue weighted by Crippen LogP contribution is -2.27. The van der Waals surface area contributed by atoms with Gasteiger partial charge in [0.15, 0.2) is 0 Å². The lowest BCUT2D eigenvalue weighted by molar-refractivity contribution is -0.00818. The quantitative estimate of drug-likeness (QED) is 0.616. The molecule has 0 aromatic rings. The number of hydrogen-bond donors (Lipinski definition) is 0. The SMILES string of the molecule is COC1(C)CCC2(C(C)C)CC12. The molecule has 2 saturated carbocycles. The van der Waals surface area contributed by atoms with E-state index in [1.165, 1.54) is 19.3 Å². The van der Waals surface area contributed by atoms with E-state index in [0.29, 0.717) is 5.41 Å². The molecule has 1 heteroatoms. The van der Waals surface area contributed by atoms with Crippen molar-refractivity contribution in [3.8, 4) is 0 Å². The summed E-state index contributed by atoms with van der Waals surface area (Å²) < 4.78 is 5.63. The molecule has 12 heavy (non-hydrogen) atoms. The Labute approximate surface area is 75.5 Å². The Hall–Kier alpha value is -0.0400. The Bertz CT molecular complexity index is 199. The van der Waals surface area contributed by atoms with Gasteiger partial charge in [0.05, 0.1) is 5.60 Å². The highest BCUT2D eigenvalue weighted by Gasteiger charge is 2.67. The number of hydrogen-bond acceptors (Lipinski definition) is 1. The van der Waals surface area contributed by atoms with Crippen LogP contribution in [0.4, 0.5) is 0 Å². The van der Waals surface area contributed by atoms with Crippen LogP contribution in [-0.4, -0.2) is 12.7 Å². The molecule has 0 heterocycles. The van der Waals surface area contributed by atoms with E-state index in [9.17, 15) is 0 Å². The molecule has 2 aliphatic carbocycles. The Morgan fingerprint density at radius 1 is 1.33 bits per heavy atom. The van der Waals surface area contributed by atoms with Gasteiger partial charge in [0.1, 0.15) is 0 Å². The molecule has 0 spiro atoms. The molecule has 2 aliphatic rings. The maximum Gasteiger partial charge on any atom is 0.0684 e. The number of methoxy groups -OCH3 is 1. The summed E-state index contributed by atoms with van der Waals surface area (Å²) >= 11 is 0. The van der Waals surface area contributed by atoms with Crippen molar-refractivity contribution in [2.75, 3.05) is 7.11 Å². The molecule has 3 atom stereocenters. The molecule has 0 aliphatic heterocycles. The van der Waals surface area contributed by atoms with Gasteiger partial charge in [-0.25, -0.2) is 0 Å². The van der Waals surface area contributed by atoms with E-state index in [-0.39, 0.29) is 5.60 Å². The smallest absolute Gasteiger partial charge is 0.0684 e. The van der Waals surface area contributed by atoms with Gasteiger partial charge < -0.3 is 4.74 Å². The van der Waals surface area contributed by atoms with Crippen molar-refractivity contribution in [2.45, 2.75) is 45.6 Å². The number of ether oxygens (including phenoxy) is 1. The van der Waals surface area contributed by atoms with Gasteiger partial charge in [-0.3, -0.25) is 0 Å². The van der Waals surface area contributed by atoms with Crippen LogP contribution in [0.15, 0.2) is 0 Å². The summed E-state index contributed by atoms with van der Waals surface area (Å²) in [5, 5.41) is 0. The third-order valence-electron chi connectivity index (χ3n) is 4.56. The Morgan fingerprint density at radius 3 is 2.25 bits per heavy atom. The lowest BCUT2D eigenvalue weighted by atomic mass is 9.90. The van der Waals surface area contributed by atoms with Gasteiger partial charge in [-0.15, -0.1) is 0 Å². The van der Waals surface area contributed by atoms with Crippen LogP contribution in [0, 0.1) is 17.3 Å². The van der Waals surface area contributed by atoms with Crippen molar-refractivity contribution in [3.05, 3.63) is 0 Å². The molecular weight excluding hydrogens is 148 g/mol. The first-order valence-corrected chi connectivity index (χ1v) is 5.10. The van der Waals surface area contributed by atoms with Gasteiger partial charge >= 0.3 is 0 Å². The first-order valence-electron chi connectivity index (χ1n) is 5.10. The van der Waals surface area contributed by atoms with Gasteiger partial charge in [0, 0.05) is 7.11 Å². The monoisotopic (exact) mass is 168 g/mol. The highest BCUT2D eigenvalue weighted by molar-refractivity contribution is 5.17. The zero-order valence-corrected chi connectivity index (χ0v) is 8.68. The predicted molar refractivity (Wildman–Crippen MR) is 50.0 cm³/mol. The summed E-state index contributed by atoms with van der Waals surface area (Å²) in [6, 6.07) is 0. The summed E-state index contributed by atoms with van der Waals surface area (Å²) in [6.45, 7) is 7.01. The molecule has 70 valence electrons. The average Bonchev–Trinajstić information content (AvgIpc) is 2.72. The van der Waals surface area contributed by atoms with E-state index in [4.69, 9.17) is 4.74 Å². The minimum atomic E-state index is 0.213. The molecular formula is C11H20O. The second-order valence-corrected chi connectivity index (χ2v) is 5.16. The highest BCUT2D eigenvalue weighted by Crippen LogP contribution is 2.71. The fourth-order valence-corrected chi connectivity index (χ4v) is 3.25. The molecule has 1 nitrogen and oxygen atoms in total. The summed E-state index contributed by atoms with van der Waals surface area (Å²) in [6.07, 6.45) is 4.07. The van der Waals surface area contributed by atoms with Gasteiger partial charge in [-0.2, -0.15) is 0 Å². The van der Waals surface area contributed by atoms with Crippen molar-refractivity contribution in [1.82, 2.24) is 0 Å². The van der Waals surface area contributed by atoms with Crippen molar-refractivity contribution in [3.63, 3.8) is 0 Å². The first-order chi connectivity index (χ1) is 5.55. The maximum absolute atomic E-state index is 5.63. The van der Waals surface area contributed by atoms with Crippen LogP contribution in [0.25, 0.3) is 0 Å². The van der Waals surface area contributed by atoms with E-state index in [1.54, 1.807) is 0 Å². The maximum atomic E-state index is 5.63. The molecule has 0 saturated heterocycles. The number of fused-ring (bicyclic) bond motifs is 1. The Balaban J connectivity index is 2.15. The molecule has 3 unspecified atom stereocenters. The van der Waals surface area contributed by atoms with Crippen molar-refractivity contribution in [1.29, 1.82) is 0 Å². The van der Waals surface area contributed by atoms with Crippen molar-refractivity contribution < 1.29 is 4.74 Å². The number of rotatable bonds is 2. The molecule has 2 rings (SSSR count). The van der Waals surface area contributed by atoms with Gasteiger partial charge in [0.2, 0.25) is 0 Å². The molecule has 0 aromatic carbocycles. The van der Waals surface area contributed by atoms with E-state index in [2.05, 4.69) is 20.8 Å². The summed E-state index contributed by atoms with van der Waals surface area (Å²) in [7, 11) is 1.87. The molecule has 0 bridgehead atoms. The van der Waals surface area contributed by atoms with Crippen LogP contribution in [0.3, 0.4) is 0 Å². The third kappa shape index (κ3) is 0.834. The standard InChI is InChI=1S/C11H20O/c1-8(2)11-6-5-10(3,12-4)9(11)7-11/h8-9H,5-7H2,1-4H3. The second-order valence-electron chi connectivity index (χ2n) is 5.16. The van der Waals surface area contributed by atoms with Crippen molar-refractivity contribution >= 4 is 0 Å². The Kier molecular flexibility index (Phi) is 1.61. The largest absolute Gasteiger partial charge is 0.378 e. The van der Waals surface area contributed by atoms with Crippen molar-refractivity contribution in [2.24, 2.45) is 17.3 Å². The average molecular weight is 168 g/mol. The topological polar surface area (TPSA) is 9.23 Å². The highest BCUT2D eigenvalue weighted by atomic mass is 16.5. The van der Waals surface area contributed by atoms with E-state index in [1.807, 2.05) is 7.11 Å². The van der Waals surface area contributed by atoms with Gasteiger partial charge in [-0.05, 0) is 43.4 Å². The van der Waals surface area contributed by atoms with Crippen LogP contribution in [0.5, 0.6) is 0 Å². The summed E-state index contributed by atoms with van der Waals surface area (Å²) in [5.41, 5.74) is 0.884. The molecule has 2 fully saturated rings. The molecule has 0 aromatic heterocycles. The minimum absolute atomic E-state index is 0.213.